The van der Waals surface area contributed by atoms with Crippen LogP contribution in [-0.2, 0) is 0 Å². The maximum absolute atomic E-state index is 13.8. The minimum Gasteiger partial charge on any atom is -0.494 e. The first-order valence-electron chi connectivity index (χ1n) is 12.0. The molecule has 0 fully saturated rings. The quantitative estimate of drug-likeness (QED) is 0.305. The molecule has 4 aromatic rings. The lowest BCUT2D eigenvalue weighted by molar-refractivity contribution is 0.0970. The van der Waals surface area contributed by atoms with Gasteiger partial charge in [-0.15, -0.1) is 0 Å². The molecule has 0 N–H and O–H groups in total. The molecule has 1 unspecified atom stereocenters. The van der Waals surface area contributed by atoms with Gasteiger partial charge in [0.2, 0.25) is 5.76 Å². The molecular formula is C29H28N2O4. The van der Waals surface area contributed by atoms with E-state index in [1.807, 2.05) is 62.4 Å². The summed E-state index contributed by atoms with van der Waals surface area (Å²) in [5, 5.41) is 0.465. The van der Waals surface area contributed by atoms with Crippen molar-refractivity contribution in [1.82, 2.24) is 4.98 Å². The number of benzene rings is 2. The second kappa shape index (κ2) is 9.37. The molecule has 1 aliphatic rings. The molecule has 6 heteroatoms. The highest BCUT2D eigenvalue weighted by atomic mass is 16.5. The number of rotatable bonds is 7. The molecule has 5 rings (SSSR count). The molecule has 0 radical (unpaired) electrons. The Kier molecular flexibility index (Phi) is 6.12. The number of fused-ring (bicyclic) bond motifs is 2. The molecule has 3 heterocycles. The van der Waals surface area contributed by atoms with Crippen LogP contribution in [0.2, 0.25) is 0 Å². The van der Waals surface area contributed by atoms with E-state index >= 15 is 0 Å². The Balaban J connectivity index is 1.68. The number of unbranched alkanes of at least 4 members (excludes halogenated alkanes) is 2. The van der Waals surface area contributed by atoms with Crippen molar-refractivity contribution in [3.8, 4) is 5.75 Å². The third kappa shape index (κ3) is 4.20. The van der Waals surface area contributed by atoms with E-state index in [1.54, 1.807) is 17.0 Å². The lowest BCUT2D eigenvalue weighted by Gasteiger charge is -2.24. The fraction of sp³-hybridized carbons (Fsp3) is 0.276. The largest absolute Gasteiger partial charge is 0.494 e. The van der Waals surface area contributed by atoms with Gasteiger partial charge in [0.05, 0.1) is 23.6 Å². The minimum atomic E-state index is -0.674. The number of carbonyl (C=O) groups excluding carboxylic acids is 1. The predicted octanol–water partition coefficient (Wildman–Crippen LogP) is 6.12. The van der Waals surface area contributed by atoms with Crippen LogP contribution in [0.3, 0.4) is 0 Å². The van der Waals surface area contributed by atoms with Crippen molar-refractivity contribution in [3.05, 3.63) is 99.0 Å². The number of ether oxygens (including phenoxy) is 1. The van der Waals surface area contributed by atoms with E-state index in [4.69, 9.17) is 9.15 Å². The summed E-state index contributed by atoms with van der Waals surface area (Å²) in [4.78, 5) is 33.7. The number of anilines is 1. The maximum Gasteiger partial charge on any atom is 0.296 e. The molecule has 2 aromatic carbocycles. The lowest BCUT2D eigenvalue weighted by atomic mass is 9.98. The number of amides is 1. The van der Waals surface area contributed by atoms with Crippen LogP contribution in [0, 0.1) is 13.8 Å². The second-order valence-electron chi connectivity index (χ2n) is 9.02. The maximum atomic E-state index is 13.8. The van der Waals surface area contributed by atoms with Gasteiger partial charge in [0.1, 0.15) is 17.2 Å². The molecule has 35 heavy (non-hydrogen) atoms. The van der Waals surface area contributed by atoms with Crippen LogP contribution in [0.1, 0.15) is 65.2 Å². The number of aryl methyl sites for hydroxylation is 2. The van der Waals surface area contributed by atoms with Crippen molar-refractivity contribution < 1.29 is 13.9 Å². The van der Waals surface area contributed by atoms with E-state index in [1.165, 1.54) is 0 Å². The highest BCUT2D eigenvalue weighted by Crippen LogP contribution is 2.41. The predicted molar refractivity (Wildman–Crippen MR) is 136 cm³/mol. The van der Waals surface area contributed by atoms with Crippen molar-refractivity contribution in [2.45, 2.75) is 46.1 Å². The van der Waals surface area contributed by atoms with E-state index in [0.717, 1.165) is 36.1 Å². The Morgan fingerprint density at radius 1 is 1.00 bits per heavy atom. The van der Waals surface area contributed by atoms with E-state index in [2.05, 4.69) is 11.9 Å². The number of carbonyl (C=O) groups is 1. The van der Waals surface area contributed by atoms with Crippen LogP contribution in [0.4, 0.5) is 5.82 Å². The van der Waals surface area contributed by atoms with Crippen molar-refractivity contribution in [1.29, 1.82) is 0 Å². The second-order valence-corrected chi connectivity index (χ2v) is 9.02. The van der Waals surface area contributed by atoms with Crippen LogP contribution < -0.4 is 15.1 Å². The van der Waals surface area contributed by atoms with Gasteiger partial charge < -0.3 is 9.15 Å². The first kappa shape index (κ1) is 22.8. The van der Waals surface area contributed by atoms with E-state index in [9.17, 15) is 9.59 Å². The summed E-state index contributed by atoms with van der Waals surface area (Å²) in [6, 6.07) is 17.9. The van der Waals surface area contributed by atoms with Crippen LogP contribution in [0.15, 0.2) is 69.9 Å². The molecule has 0 aliphatic carbocycles. The number of aromatic nitrogens is 1. The van der Waals surface area contributed by atoms with Crippen molar-refractivity contribution in [3.63, 3.8) is 0 Å². The van der Waals surface area contributed by atoms with E-state index < -0.39 is 6.04 Å². The molecule has 0 bridgehead atoms. The summed E-state index contributed by atoms with van der Waals surface area (Å²) < 4.78 is 12.0. The monoisotopic (exact) mass is 468 g/mol. The number of pyridine rings is 1. The van der Waals surface area contributed by atoms with Crippen LogP contribution in [0.5, 0.6) is 5.75 Å². The summed E-state index contributed by atoms with van der Waals surface area (Å²) in [6.45, 7) is 6.57. The Labute approximate surface area is 204 Å². The molecule has 1 amide bonds. The van der Waals surface area contributed by atoms with Gasteiger partial charge in [-0.05, 0) is 62.2 Å². The fourth-order valence-corrected chi connectivity index (χ4v) is 4.62. The van der Waals surface area contributed by atoms with Gasteiger partial charge in [-0.3, -0.25) is 14.5 Å². The summed E-state index contributed by atoms with van der Waals surface area (Å²) in [7, 11) is 0. The summed E-state index contributed by atoms with van der Waals surface area (Å²) in [5.41, 5.74) is 3.03. The van der Waals surface area contributed by atoms with Crippen molar-refractivity contribution >= 4 is 22.7 Å². The standard InChI is InChI=1S/C29H28N2O4/c1-4-5-6-15-34-21-11-8-10-20(17-21)26-25-27(32)22-16-18(2)13-14-23(22)35-28(25)29(33)31(26)24-12-7-9-19(3)30-24/h7-14,16-17,26H,4-6,15H2,1-3H3. The fourth-order valence-electron chi connectivity index (χ4n) is 4.62. The molecule has 1 aliphatic heterocycles. The zero-order valence-electron chi connectivity index (χ0n) is 20.2. The molecule has 1 atom stereocenters. The van der Waals surface area contributed by atoms with E-state index in [-0.39, 0.29) is 17.1 Å². The van der Waals surface area contributed by atoms with Crippen LogP contribution in [-0.4, -0.2) is 17.5 Å². The first-order chi connectivity index (χ1) is 17.0. The van der Waals surface area contributed by atoms with Crippen LogP contribution >= 0.6 is 0 Å². The highest BCUT2D eigenvalue weighted by molar-refractivity contribution is 6.10. The summed E-state index contributed by atoms with van der Waals surface area (Å²) in [5.74, 6) is 0.865. The van der Waals surface area contributed by atoms with Gasteiger partial charge in [-0.1, -0.05) is 49.6 Å². The van der Waals surface area contributed by atoms with Crippen molar-refractivity contribution in [2.24, 2.45) is 0 Å². The molecule has 0 saturated heterocycles. The molecule has 2 aromatic heterocycles. The summed E-state index contributed by atoms with van der Waals surface area (Å²) in [6.07, 6.45) is 3.19. The third-order valence-corrected chi connectivity index (χ3v) is 6.34. The van der Waals surface area contributed by atoms with Crippen molar-refractivity contribution in [2.75, 3.05) is 11.5 Å². The van der Waals surface area contributed by atoms with Gasteiger partial charge in [-0.25, -0.2) is 4.98 Å². The smallest absolute Gasteiger partial charge is 0.296 e. The SMILES string of the molecule is CCCCCOc1cccc(C2c3c(oc4ccc(C)cc4c3=O)C(=O)N2c2cccc(C)n2)c1. The lowest BCUT2D eigenvalue weighted by Crippen LogP contribution is -2.30. The zero-order valence-corrected chi connectivity index (χ0v) is 20.2. The third-order valence-electron chi connectivity index (χ3n) is 6.34. The minimum absolute atomic E-state index is 0.0638. The normalized spacial score (nSPS) is 15.0. The topological polar surface area (TPSA) is 72.6 Å². The number of hydrogen-bond acceptors (Lipinski definition) is 5. The summed E-state index contributed by atoms with van der Waals surface area (Å²) >= 11 is 0. The molecule has 178 valence electrons. The number of hydrogen-bond donors (Lipinski definition) is 0. The molecule has 0 saturated carbocycles. The van der Waals surface area contributed by atoms with Gasteiger partial charge in [0, 0.05) is 5.69 Å². The van der Waals surface area contributed by atoms with Gasteiger partial charge in [0.25, 0.3) is 5.91 Å². The zero-order chi connectivity index (χ0) is 24.5. The average Bonchev–Trinajstić information content (AvgIpc) is 3.15. The Hall–Kier alpha value is -3.93. The Morgan fingerprint density at radius 2 is 1.83 bits per heavy atom. The molecule has 0 spiro atoms. The van der Waals surface area contributed by atoms with Crippen LogP contribution in [0.25, 0.3) is 11.0 Å². The number of nitrogens with zero attached hydrogens (tertiary/aromatic N) is 2. The van der Waals surface area contributed by atoms with Gasteiger partial charge in [-0.2, -0.15) is 0 Å². The van der Waals surface area contributed by atoms with E-state index in [0.29, 0.717) is 34.7 Å². The first-order valence-corrected chi connectivity index (χ1v) is 12.0. The molecule has 6 nitrogen and oxygen atoms in total. The Bertz CT molecular complexity index is 1470. The van der Waals surface area contributed by atoms with Gasteiger partial charge in [0.15, 0.2) is 5.43 Å². The molecular weight excluding hydrogens is 440 g/mol. The average molecular weight is 469 g/mol. The Morgan fingerprint density at radius 3 is 2.63 bits per heavy atom. The van der Waals surface area contributed by atoms with Gasteiger partial charge >= 0.3 is 0 Å². The highest BCUT2D eigenvalue weighted by Gasteiger charge is 2.44.